The molecular formula is C15H22BrFN2O. The van der Waals surface area contributed by atoms with Crippen LogP contribution in [0.25, 0.3) is 0 Å². The molecule has 1 fully saturated rings. The number of hydrogen-bond donors (Lipinski definition) is 1. The van der Waals surface area contributed by atoms with Gasteiger partial charge in [-0.1, -0.05) is 15.9 Å². The first-order valence-electron chi connectivity index (χ1n) is 6.94. The largest absolute Gasteiger partial charge is 0.396 e. The molecule has 1 aliphatic heterocycles. The Labute approximate surface area is 128 Å². The minimum atomic E-state index is -0.212. The van der Waals surface area contributed by atoms with E-state index in [-0.39, 0.29) is 18.3 Å². The molecule has 20 heavy (non-hydrogen) atoms. The zero-order valence-electron chi connectivity index (χ0n) is 12.0. The quantitative estimate of drug-likeness (QED) is 0.908. The lowest BCUT2D eigenvalue weighted by atomic mass is 9.91. The molecule has 3 nitrogen and oxygen atoms in total. The van der Waals surface area contributed by atoms with Crippen molar-refractivity contribution in [2.45, 2.75) is 19.0 Å². The predicted octanol–water partition coefficient (Wildman–Crippen LogP) is 2.33. The van der Waals surface area contributed by atoms with E-state index in [4.69, 9.17) is 0 Å². The molecule has 0 radical (unpaired) electrons. The molecule has 0 aliphatic carbocycles. The van der Waals surface area contributed by atoms with Crippen LogP contribution in [0, 0.1) is 11.7 Å². The number of aliphatic hydroxyl groups is 1. The molecule has 0 aromatic heterocycles. The van der Waals surface area contributed by atoms with Crippen molar-refractivity contribution in [1.82, 2.24) is 9.80 Å². The highest BCUT2D eigenvalue weighted by molar-refractivity contribution is 9.10. The summed E-state index contributed by atoms with van der Waals surface area (Å²) in [6.45, 7) is 2.76. The van der Waals surface area contributed by atoms with E-state index < -0.39 is 0 Å². The number of halogens is 2. The number of benzene rings is 1. The summed E-state index contributed by atoms with van der Waals surface area (Å²) < 4.78 is 14.2. The van der Waals surface area contributed by atoms with E-state index in [1.165, 1.54) is 6.07 Å². The smallest absolute Gasteiger partial charge is 0.124 e. The van der Waals surface area contributed by atoms with Gasteiger partial charge < -0.3 is 10.0 Å². The number of likely N-dealkylation sites (tertiary alicyclic amines) is 1. The van der Waals surface area contributed by atoms with E-state index in [9.17, 15) is 9.50 Å². The molecule has 1 N–H and O–H groups in total. The third kappa shape index (κ3) is 4.01. The summed E-state index contributed by atoms with van der Waals surface area (Å²) in [5.41, 5.74) is 0.969. The van der Waals surface area contributed by atoms with Crippen molar-refractivity contribution >= 4 is 15.9 Å². The van der Waals surface area contributed by atoms with Gasteiger partial charge in [0, 0.05) is 36.1 Å². The fourth-order valence-corrected chi connectivity index (χ4v) is 3.57. The fraction of sp³-hybridized carbons (Fsp3) is 0.600. The molecule has 0 amide bonds. The summed E-state index contributed by atoms with van der Waals surface area (Å²) in [5, 5.41) is 9.56. The van der Waals surface area contributed by atoms with E-state index in [2.05, 4.69) is 39.8 Å². The van der Waals surface area contributed by atoms with Crippen molar-refractivity contribution < 1.29 is 9.50 Å². The Morgan fingerprint density at radius 3 is 2.75 bits per heavy atom. The van der Waals surface area contributed by atoms with Gasteiger partial charge in [0.2, 0.25) is 0 Å². The summed E-state index contributed by atoms with van der Waals surface area (Å²) in [6, 6.07) is 5.43. The Balaban J connectivity index is 2.01. The van der Waals surface area contributed by atoms with Crippen LogP contribution in [-0.2, 0) is 6.54 Å². The SMILES string of the molecule is CN(C)[C@@H]1CCN(Cc2cc(F)cc(Br)c2)C[C@@H]1CO. The predicted molar refractivity (Wildman–Crippen MR) is 82.0 cm³/mol. The zero-order chi connectivity index (χ0) is 14.7. The van der Waals surface area contributed by atoms with E-state index in [0.717, 1.165) is 36.1 Å². The molecule has 112 valence electrons. The highest BCUT2D eigenvalue weighted by atomic mass is 79.9. The molecule has 1 aromatic rings. The average Bonchev–Trinajstić information content (AvgIpc) is 2.37. The Bertz CT molecular complexity index is 435. The van der Waals surface area contributed by atoms with Gasteiger partial charge in [-0.05, 0) is 50.8 Å². The molecule has 0 saturated carbocycles. The first-order chi connectivity index (χ1) is 9.49. The highest BCUT2D eigenvalue weighted by Gasteiger charge is 2.30. The van der Waals surface area contributed by atoms with Gasteiger partial charge in [-0.25, -0.2) is 4.39 Å². The van der Waals surface area contributed by atoms with Gasteiger partial charge in [0.05, 0.1) is 0 Å². The summed E-state index contributed by atoms with van der Waals surface area (Å²) in [4.78, 5) is 4.49. The van der Waals surface area contributed by atoms with Gasteiger partial charge in [0.15, 0.2) is 0 Å². The second-order valence-electron chi connectivity index (χ2n) is 5.78. The average molecular weight is 345 g/mol. The Kier molecular flexibility index (Phi) is 5.55. The van der Waals surface area contributed by atoms with E-state index in [0.29, 0.717) is 6.04 Å². The summed E-state index contributed by atoms with van der Waals surface area (Å²) >= 11 is 3.33. The molecule has 1 saturated heterocycles. The minimum absolute atomic E-state index is 0.201. The normalized spacial score (nSPS) is 24.3. The van der Waals surface area contributed by atoms with Crippen molar-refractivity contribution in [3.8, 4) is 0 Å². The maximum atomic E-state index is 13.4. The number of nitrogens with zero attached hydrogens (tertiary/aromatic N) is 2. The lowest BCUT2D eigenvalue weighted by Crippen LogP contribution is -2.49. The van der Waals surface area contributed by atoms with Crippen LogP contribution in [0.4, 0.5) is 4.39 Å². The van der Waals surface area contributed by atoms with Crippen LogP contribution in [0.3, 0.4) is 0 Å². The van der Waals surface area contributed by atoms with Crippen LogP contribution in [0.1, 0.15) is 12.0 Å². The van der Waals surface area contributed by atoms with Crippen LogP contribution >= 0.6 is 15.9 Å². The fourth-order valence-electron chi connectivity index (χ4n) is 3.06. The maximum Gasteiger partial charge on any atom is 0.124 e. The van der Waals surface area contributed by atoms with E-state index >= 15 is 0 Å². The molecule has 2 atom stereocenters. The number of rotatable bonds is 4. The molecule has 1 aliphatic rings. The summed E-state index contributed by atoms with van der Waals surface area (Å²) in [6.07, 6.45) is 1.04. The molecule has 1 heterocycles. The second kappa shape index (κ2) is 6.98. The third-order valence-corrected chi connectivity index (χ3v) is 4.46. The van der Waals surface area contributed by atoms with Crippen LogP contribution in [0.2, 0.25) is 0 Å². The molecule has 2 rings (SSSR count). The lowest BCUT2D eigenvalue weighted by molar-refractivity contribution is 0.0454. The first kappa shape index (κ1) is 15.9. The molecule has 0 spiro atoms. The van der Waals surface area contributed by atoms with Crippen LogP contribution in [0.5, 0.6) is 0 Å². The first-order valence-corrected chi connectivity index (χ1v) is 7.73. The summed E-state index contributed by atoms with van der Waals surface area (Å²) in [7, 11) is 4.12. The number of piperidine rings is 1. The molecule has 5 heteroatoms. The van der Waals surface area contributed by atoms with Gasteiger partial charge in [-0.2, -0.15) is 0 Å². The molecule has 0 bridgehead atoms. The van der Waals surface area contributed by atoms with Crippen molar-refractivity contribution in [1.29, 1.82) is 0 Å². The second-order valence-corrected chi connectivity index (χ2v) is 6.69. The van der Waals surface area contributed by atoms with Crippen LogP contribution < -0.4 is 0 Å². The van der Waals surface area contributed by atoms with Gasteiger partial charge in [0.1, 0.15) is 5.82 Å². The number of hydrogen-bond acceptors (Lipinski definition) is 3. The zero-order valence-corrected chi connectivity index (χ0v) is 13.6. The topological polar surface area (TPSA) is 26.7 Å². The van der Waals surface area contributed by atoms with Gasteiger partial charge in [-0.15, -0.1) is 0 Å². The van der Waals surface area contributed by atoms with Gasteiger partial charge in [0.25, 0.3) is 0 Å². The van der Waals surface area contributed by atoms with Gasteiger partial charge >= 0.3 is 0 Å². The Morgan fingerprint density at radius 2 is 2.15 bits per heavy atom. The lowest BCUT2D eigenvalue weighted by Gasteiger charge is -2.40. The van der Waals surface area contributed by atoms with Crippen LogP contribution in [0.15, 0.2) is 22.7 Å². The van der Waals surface area contributed by atoms with Gasteiger partial charge in [-0.3, -0.25) is 4.90 Å². The standard InChI is InChI=1S/C15H22BrFN2O/c1-18(2)15-3-4-19(9-12(15)10-20)8-11-5-13(16)7-14(17)6-11/h5-7,12,15,20H,3-4,8-10H2,1-2H3/t12-,15-/m1/s1. The van der Waals surface area contributed by atoms with Crippen molar-refractivity contribution in [3.05, 3.63) is 34.1 Å². The van der Waals surface area contributed by atoms with Crippen LogP contribution in [-0.4, -0.2) is 54.7 Å². The molecule has 1 aromatic carbocycles. The van der Waals surface area contributed by atoms with Crippen molar-refractivity contribution in [2.75, 3.05) is 33.8 Å². The van der Waals surface area contributed by atoms with E-state index in [1.807, 2.05) is 6.07 Å². The highest BCUT2D eigenvalue weighted by Crippen LogP contribution is 2.23. The summed E-state index contributed by atoms with van der Waals surface area (Å²) in [5.74, 6) is 0.0482. The third-order valence-electron chi connectivity index (χ3n) is 4.00. The van der Waals surface area contributed by atoms with Crippen molar-refractivity contribution in [3.63, 3.8) is 0 Å². The molecular weight excluding hydrogens is 323 g/mol. The van der Waals surface area contributed by atoms with Crippen molar-refractivity contribution in [2.24, 2.45) is 5.92 Å². The Hall–Kier alpha value is -0.490. The maximum absolute atomic E-state index is 13.4. The molecule has 0 unspecified atom stereocenters. The Morgan fingerprint density at radius 1 is 1.40 bits per heavy atom. The van der Waals surface area contributed by atoms with E-state index in [1.54, 1.807) is 6.07 Å². The minimum Gasteiger partial charge on any atom is -0.396 e. The number of aliphatic hydroxyl groups excluding tert-OH is 1. The monoisotopic (exact) mass is 344 g/mol.